The molecule has 2 N–H and O–H groups in total. The first-order chi connectivity index (χ1) is 9.16. The maximum Gasteiger partial charge on any atom is 0.246 e. The van der Waals surface area contributed by atoms with Gasteiger partial charge in [-0.15, -0.1) is 0 Å². The van der Waals surface area contributed by atoms with E-state index in [-0.39, 0.29) is 5.91 Å². The van der Waals surface area contributed by atoms with Gasteiger partial charge < -0.3 is 10.6 Å². The number of anilines is 1. The molecular weight excluding hydrogens is 260 g/mol. The Morgan fingerprint density at radius 2 is 1.89 bits per heavy atom. The van der Waals surface area contributed by atoms with Crippen LogP contribution in [0, 0.1) is 0 Å². The van der Waals surface area contributed by atoms with Gasteiger partial charge >= 0.3 is 0 Å². The zero-order valence-electron chi connectivity index (χ0n) is 10.9. The van der Waals surface area contributed by atoms with E-state index < -0.39 is 0 Å². The molecule has 1 saturated heterocycles. The SMILES string of the molecule is Nc1cc(/C=C/C(=O)N2CCCCCC2)ccc1Cl. The van der Waals surface area contributed by atoms with Crippen LogP contribution in [0.2, 0.25) is 5.02 Å². The van der Waals surface area contributed by atoms with Gasteiger partial charge in [0.1, 0.15) is 0 Å². The van der Waals surface area contributed by atoms with Gasteiger partial charge in [-0.3, -0.25) is 4.79 Å². The highest BCUT2D eigenvalue weighted by Crippen LogP contribution is 2.20. The summed E-state index contributed by atoms with van der Waals surface area (Å²) in [5, 5.41) is 0.538. The van der Waals surface area contributed by atoms with Crippen molar-refractivity contribution in [2.24, 2.45) is 0 Å². The predicted octanol–water partition coefficient (Wildman–Crippen LogP) is 3.34. The van der Waals surface area contributed by atoms with Crippen molar-refractivity contribution in [2.45, 2.75) is 25.7 Å². The smallest absolute Gasteiger partial charge is 0.246 e. The summed E-state index contributed by atoms with van der Waals surface area (Å²) in [7, 11) is 0. The van der Waals surface area contributed by atoms with E-state index in [4.69, 9.17) is 17.3 Å². The van der Waals surface area contributed by atoms with Gasteiger partial charge in [-0.25, -0.2) is 0 Å². The molecule has 0 bridgehead atoms. The molecule has 1 aliphatic rings. The van der Waals surface area contributed by atoms with Gasteiger partial charge in [-0.1, -0.05) is 30.5 Å². The average molecular weight is 279 g/mol. The molecule has 0 spiro atoms. The number of rotatable bonds is 2. The van der Waals surface area contributed by atoms with Crippen molar-refractivity contribution in [3.05, 3.63) is 34.9 Å². The van der Waals surface area contributed by atoms with Gasteiger partial charge in [-0.2, -0.15) is 0 Å². The molecule has 1 aliphatic heterocycles. The van der Waals surface area contributed by atoms with E-state index in [0.29, 0.717) is 10.7 Å². The molecule has 0 aromatic heterocycles. The molecule has 0 radical (unpaired) electrons. The maximum atomic E-state index is 12.1. The fourth-order valence-corrected chi connectivity index (χ4v) is 2.35. The molecule has 3 nitrogen and oxygen atoms in total. The molecule has 0 aliphatic carbocycles. The second-order valence-electron chi connectivity index (χ2n) is 4.85. The summed E-state index contributed by atoms with van der Waals surface area (Å²) in [6.07, 6.45) is 8.07. The lowest BCUT2D eigenvalue weighted by atomic mass is 10.2. The predicted molar refractivity (Wildman–Crippen MR) is 79.9 cm³/mol. The molecule has 0 atom stereocenters. The van der Waals surface area contributed by atoms with Gasteiger partial charge in [-0.05, 0) is 36.6 Å². The Morgan fingerprint density at radius 3 is 2.53 bits per heavy atom. The summed E-state index contributed by atoms with van der Waals surface area (Å²) in [4.78, 5) is 14.0. The third-order valence-corrected chi connectivity index (χ3v) is 3.70. The third kappa shape index (κ3) is 4.00. The van der Waals surface area contributed by atoms with E-state index in [0.717, 1.165) is 31.5 Å². The number of amides is 1. The van der Waals surface area contributed by atoms with Crippen molar-refractivity contribution in [3.8, 4) is 0 Å². The quantitative estimate of drug-likeness (QED) is 0.666. The lowest BCUT2D eigenvalue weighted by molar-refractivity contribution is -0.125. The van der Waals surface area contributed by atoms with Crippen molar-refractivity contribution in [1.29, 1.82) is 0 Å². The lowest BCUT2D eigenvalue weighted by Crippen LogP contribution is -2.30. The molecule has 1 heterocycles. The van der Waals surface area contributed by atoms with Crippen LogP contribution in [-0.2, 0) is 4.79 Å². The number of benzene rings is 1. The summed E-state index contributed by atoms with van der Waals surface area (Å²) in [5.41, 5.74) is 7.16. The van der Waals surface area contributed by atoms with Crippen molar-refractivity contribution in [3.63, 3.8) is 0 Å². The molecule has 19 heavy (non-hydrogen) atoms. The summed E-state index contributed by atoms with van der Waals surface area (Å²) in [6, 6.07) is 5.37. The molecule has 0 unspecified atom stereocenters. The summed E-state index contributed by atoms with van der Waals surface area (Å²) in [6.45, 7) is 1.73. The van der Waals surface area contributed by atoms with Gasteiger partial charge in [0.2, 0.25) is 5.91 Å². The fourth-order valence-electron chi connectivity index (χ4n) is 2.23. The van der Waals surface area contributed by atoms with Crippen LogP contribution in [0.15, 0.2) is 24.3 Å². The molecular formula is C15H19ClN2O. The monoisotopic (exact) mass is 278 g/mol. The molecule has 2 rings (SSSR count). The Balaban J connectivity index is 2.00. The zero-order chi connectivity index (χ0) is 13.7. The topological polar surface area (TPSA) is 46.3 Å². The summed E-state index contributed by atoms with van der Waals surface area (Å²) >= 11 is 5.86. The van der Waals surface area contributed by atoms with Crippen LogP contribution in [0.3, 0.4) is 0 Å². The van der Waals surface area contributed by atoms with Gasteiger partial charge in [0.15, 0.2) is 0 Å². The molecule has 1 aromatic rings. The highest BCUT2D eigenvalue weighted by atomic mass is 35.5. The number of hydrogen-bond acceptors (Lipinski definition) is 2. The van der Waals surface area contributed by atoms with Gasteiger partial charge in [0.25, 0.3) is 0 Å². The minimum absolute atomic E-state index is 0.0791. The Kier molecular flexibility index (Phi) is 4.86. The van der Waals surface area contributed by atoms with Crippen LogP contribution >= 0.6 is 11.6 Å². The second-order valence-corrected chi connectivity index (χ2v) is 5.26. The molecule has 1 aromatic carbocycles. The van der Waals surface area contributed by atoms with E-state index in [1.54, 1.807) is 24.3 Å². The fraction of sp³-hybridized carbons (Fsp3) is 0.400. The molecule has 1 fully saturated rings. The number of nitrogen functional groups attached to an aromatic ring is 1. The number of nitrogens with two attached hydrogens (primary N) is 1. The Labute approximate surface area is 119 Å². The Hall–Kier alpha value is -1.48. The average Bonchev–Trinajstić information content (AvgIpc) is 2.69. The number of hydrogen-bond donors (Lipinski definition) is 1. The first-order valence-corrected chi connectivity index (χ1v) is 7.06. The van der Waals surface area contributed by atoms with Crippen molar-refractivity contribution >= 4 is 29.3 Å². The first-order valence-electron chi connectivity index (χ1n) is 6.69. The largest absolute Gasteiger partial charge is 0.398 e. The number of carbonyl (C=O) groups is 1. The van der Waals surface area contributed by atoms with Crippen molar-refractivity contribution in [1.82, 2.24) is 4.90 Å². The number of halogens is 1. The van der Waals surface area contributed by atoms with Crippen LogP contribution in [0.4, 0.5) is 5.69 Å². The lowest BCUT2D eigenvalue weighted by Gasteiger charge is -2.17. The standard InChI is InChI=1S/C15H19ClN2O/c16-13-7-5-12(11-14(13)17)6-8-15(19)18-9-3-1-2-4-10-18/h5-8,11H,1-4,9-10,17H2/b8-6+. The molecule has 0 saturated carbocycles. The highest BCUT2D eigenvalue weighted by molar-refractivity contribution is 6.33. The third-order valence-electron chi connectivity index (χ3n) is 3.36. The first kappa shape index (κ1) is 13.9. The van der Waals surface area contributed by atoms with Crippen LogP contribution in [0.5, 0.6) is 0 Å². The minimum Gasteiger partial charge on any atom is -0.398 e. The zero-order valence-corrected chi connectivity index (χ0v) is 11.7. The molecule has 4 heteroatoms. The molecule has 102 valence electrons. The number of carbonyl (C=O) groups excluding carboxylic acids is 1. The van der Waals surface area contributed by atoms with Crippen LogP contribution in [0.25, 0.3) is 6.08 Å². The minimum atomic E-state index is 0.0791. The normalized spacial score (nSPS) is 16.6. The van der Waals surface area contributed by atoms with Gasteiger partial charge in [0, 0.05) is 19.2 Å². The maximum absolute atomic E-state index is 12.1. The van der Waals surface area contributed by atoms with E-state index in [2.05, 4.69) is 0 Å². The van der Waals surface area contributed by atoms with E-state index in [1.165, 1.54) is 12.8 Å². The highest BCUT2D eigenvalue weighted by Gasteiger charge is 2.12. The Bertz CT molecular complexity index is 477. The summed E-state index contributed by atoms with van der Waals surface area (Å²) < 4.78 is 0. The van der Waals surface area contributed by atoms with E-state index >= 15 is 0 Å². The van der Waals surface area contributed by atoms with Crippen molar-refractivity contribution in [2.75, 3.05) is 18.8 Å². The number of nitrogens with zero attached hydrogens (tertiary/aromatic N) is 1. The number of likely N-dealkylation sites (tertiary alicyclic amines) is 1. The van der Waals surface area contributed by atoms with Crippen LogP contribution < -0.4 is 5.73 Å². The van der Waals surface area contributed by atoms with Crippen LogP contribution in [0.1, 0.15) is 31.2 Å². The summed E-state index contributed by atoms with van der Waals surface area (Å²) in [5.74, 6) is 0.0791. The van der Waals surface area contributed by atoms with Crippen molar-refractivity contribution < 1.29 is 4.79 Å². The molecule has 1 amide bonds. The Morgan fingerprint density at radius 1 is 1.21 bits per heavy atom. The van der Waals surface area contributed by atoms with E-state index in [1.807, 2.05) is 11.0 Å². The van der Waals surface area contributed by atoms with E-state index in [9.17, 15) is 4.79 Å². The van der Waals surface area contributed by atoms with Gasteiger partial charge in [0.05, 0.1) is 10.7 Å². The van der Waals surface area contributed by atoms with Crippen LogP contribution in [-0.4, -0.2) is 23.9 Å². The second kappa shape index (κ2) is 6.62.